The lowest BCUT2D eigenvalue weighted by molar-refractivity contribution is -0.0765. The van der Waals surface area contributed by atoms with Crippen molar-refractivity contribution in [3.63, 3.8) is 0 Å². The van der Waals surface area contributed by atoms with Gasteiger partial charge in [0, 0.05) is 30.4 Å². The van der Waals surface area contributed by atoms with Crippen molar-refractivity contribution in [3.05, 3.63) is 28.5 Å². The Labute approximate surface area is 98.6 Å². The molecule has 0 bridgehead atoms. The van der Waals surface area contributed by atoms with Crippen molar-refractivity contribution in [2.45, 2.75) is 32.0 Å². The van der Waals surface area contributed by atoms with Crippen LogP contribution in [0.3, 0.4) is 0 Å². The summed E-state index contributed by atoms with van der Waals surface area (Å²) in [6, 6.07) is 1.95. The molecule has 1 aromatic heterocycles. The van der Waals surface area contributed by atoms with Gasteiger partial charge in [-0.25, -0.2) is 0 Å². The maximum atomic E-state index is 9.95. The Kier molecular flexibility index (Phi) is 4.25. The van der Waals surface area contributed by atoms with Crippen LogP contribution in [0.2, 0.25) is 0 Å². The van der Waals surface area contributed by atoms with E-state index in [0.29, 0.717) is 6.42 Å². The molecule has 1 aromatic rings. The van der Waals surface area contributed by atoms with Gasteiger partial charge in [-0.05, 0) is 41.4 Å². The summed E-state index contributed by atoms with van der Waals surface area (Å²) in [5.74, 6) is 0. The number of methoxy groups -OCH3 is 1. The number of hydrogen-bond acceptors (Lipinski definition) is 3. The molecule has 1 rings (SSSR count). The number of aliphatic hydroxyl groups is 1. The van der Waals surface area contributed by atoms with Gasteiger partial charge in [0.2, 0.25) is 0 Å². The van der Waals surface area contributed by atoms with Gasteiger partial charge < -0.3 is 9.84 Å². The van der Waals surface area contributed by atoms with Crippen LogP contribution in [0.1, 0.15) is 19.4 Å². The highest BCUT2D eigenvalue weighted by molar-refractivity contribution is 9.10. The predicted octanol–water partition coefficient (Wildman–Crippen LogP) is 2.17. The molecule has 0 aromatic carbocycles. The summed E-state index contributed by atoms with van der Waals surface area (Å²) in [5.41, 5.74) is 0.449. The minimum Gasteiger partial charge on any atom is -0.390 e. The molecular weight excluding hydrogens is 258 g/mol. The van der Waals surface area contributed by atoms with Crippen LogP contribution in [0, 0.1) is 0 Å². The molecule has 0 aliphatic heterocycles. The molecule has 1 unspecified atom stereocenters. The predicted molar refractivity (Wildman–Crippen MR) is 62.7 cm³/mol. The summed E-state index contributed by atoms with van der Waals surface area (Å²) in [6.07, 6.45) is 3.46. The Morgan fingerprint density at radius 1 is 1.53 bits per heavy atom. The highest BCUT2D eigenvalue weighted by Crippen LogP contribution is 2.19. The van der Waals surface area contributed by atoms with Crippen LogP contribution in [0.25, 0.3) is 0 Å². The molecule has 0 aliphatic rings. The fourth-order valence-electron chi connectivity index (χ4n) is 1.17. The van der Waals surface area contributed by atoms with Crippen molar-refractivity contribution < 1.29 is 9.84 Å². The zero-order chi connectivity index (χ0) is 11.5. The average molecular weight is 274 g/mol. The highest BCUT2D eigenvalue weighted by Gasteiger charge is 2.27. The molecule has 15 heavy (non-hydrogen) atoms. The first-order valence-corrected chi connectivity index (χ1v) is 5.57. The van der Waals surface area contributed by atoms with Gasteiger partial charge in [0.05, 0.1) is 11.7 Å². The topological polar surface area (TPSA) is 42.4 Å². The Bertz CT molecular complexity index is 328. The first-order chi connectivity index (χ1) is 6.95. The SMILES string of the molecule is COC(C)(C)C(O)Cc1cncc(Br)c1. The van der Waals surface area contributed by atoms with Crippen molar-refractivity contribution in [1.29, 1.82) is 0 Å². The average Bonchev–Trinajstić information content (AvgIpc) is 2.17. The molecule has 0 spiro atoms. The van der Waals surface area contributed by atoms with Crippen molar-refractivity contribution in [2.24, 2.45) is 0 Å². The van der Waals surface area contributed by atoms with Crippen LogP contribution in [0.5, 0.6) is 0 Å². The minimum atomic E-state index is -0.543. The lowest BCUT2D eigenvalue weighted by Gasteiger charge is -2.29. The van der Waals surface area contributed by atoms with E-state index in [0.717, 1.165) is 10.0 Å². The number of hydrogen-bond donors (Lipinski definition) is 1. The van der Waals surface area contributed by atoms with Gasteiger partial charge in [-0.2, -0.15) is 0 Å². The first kappa shape index (κ1) is 12.6. The second kappa shape index (κ2) is 5.05. The first-order valence-electron chi connectivity index (χ1n) is 4.78. The van der Waals surface area contributed by atoms with Crippen molar-refractivity contribution >= 4 is 15.9 Å². The van der Waals surface area contributed by atoms with E-state index in [1.807, 2.05) is 19.9 Å². The zero-order valence-corrected chi connectivity index (χ0v) is 10.8. The molecule has 0 saturated heterocycles. The summed E-state index contributed by atoms with van der Waals surface area (Å²) in [4.78, 5) is 4.05. The Morgan fingerprint density at radius 2 is 2.20 bits per heavy atom. The van der Waals surface area contributed by atoms with Crippen molar-refractivity contribution in [3.8, 4) is 0 Å². The van der Waals surface area contributed by atoms with Gasteiger partial charge in [0.15, 0.2) is 0 Å². The summed E-state index contributed by atoms with van der Waals surface area (Å²) in [6.45, 7) is 3.73. The monoisotopic (exact) mass is 273 g/mol. The van der Waals surface area contributed by atoms with Gasteiger partial charge >= 0.3 is 0 Å². The molecule has 0 saturated carbocycles. The third-order valence-electron chi connectivity index (χ3n) is 2.52. The minimum absolute atomic E-state index is 0.535. The van der Waals surface area contributed by atoms with E-state index in [-0.39, 0.29) is 0 Å². The van der Waals surface area contributed by atoms with Crippen LogP contribution in [0.15, 0.2) is 22.9 Å². The van der Waals surface area contributed by atoms with Gasteiger partial charge in [0.1, 0.15) is 0 Å². The van der Waals surface area contributed by atoms with Crippen LogP contribution in [-0.2, 0) is 11.2 Å². The number of pyridine rings is 1. The van der Waals surface area contributed by atoms with Crippen LogP contribution in [0.4, 0.5) is 0 Å². The fraction of sp³-hybridized carbons (Fsp3) is 0.545. The van der Waals surface area contributed by atoms with E-state index in [2.05, 4.69) is 20.9 Å². The maximum Gasteiger partial charge on any atom is 0.0883 e. The summed E-state index contributed by atoms with van der Waals surface area (Å²) in [7, 11) is 1.60. The van der Waals surface area contributed by atoms with Gasteiger partial charge in [-0.15, -0.1) is 0 Å². The Morgan fingerprint density at radius 3 is 2.73 bits per heavy atom. The number of ether oxygens (including phenoxy) is 1. The lowest BCUT2D eigenvalue weighted by atomic mass is 9.96. The summed E-state index contributed by atoms with van der Waals surface area (Å²) < 4.78 is 6.14. The largest absolute Gasteiger partial charge is 0.390 e. The van der Waals surface area contributed by atoms with E-state index in [9.17, 15) is 5.11 Å². The number of aliphatic hydroxyl groups excluding tert-OH is 1. The van der Waals surface area contributed by atoms with Gasteiger partial charge in [-0.1, -0.05) is 0 Å². The second-order valence-electron chi connectivity index (χ2n) is 4.04. The molecule has 4 heteroatoms. The fourth-order valence-corrected chi connectivity index (χ4v) is 1.58. The third kappa shape index (κ3) is 3.55. The third-order valence-corrected chi connectivity index (χ3v) is 2.95. The molecular formula is C11H16BrNO2. The molecule has 0 fully saturated rings. The maximum absolute atomic E-state index is 9.95. The number of aromatic nitrogens is 1. The van der Waals surface area contributed by atoms with Gasteiger partial charge in [-0.3, -0.25) is 4.98 Å². The van der Waals surface area contributed by atoms with E-state index >= 15 is 0 Å². The number of nitrogens with zero attached hydrogens (tertiary/aromatic N) is 1. The normalized spacial score (nSPS) is 13.9. The van der Waals surface area contributed by atoms with Crippen molar-refractivity contribution in [2.75, 3.05) is 7.11 Å². The van der Waals surface area contributed by atoms with E-state index in [1.165, 1.54) is 0 Å². The molecule has 1 heterocycles. The quantitative estimate of drug-likeness (QED) is 0.915. The highest BCUT2D eigenvalue weighted by atomic mass is 79.9. The van der Waals surface area contributed by atoms with Crippen molar-refractivity contribution in [1.82, 2.24) is 4.98 Å². The molecule has 0 aliphatic carbocycles. The number of halogens is 1. The van der Waals surface area contributed by atoms with Crippen LogP contribution >= 0.6 is 15.9 Å². The zero-order valence-electron chi connectivity index (χ0n) is 9.20. The van der Waals surface area contributed by atoms with E-state index < -0.39 is 11.7 Å². The van der Waals surface area contributed by atoms with E-state index in [1.54, 1.807) is 19.5 Å². The smallest absolute Gasteiger partial charge is 0.0883 e. The number of rotatable bonds is 4. The second-order valence-corrected chi connectivity index (χ2v) is 4.95. The standard InChI is InChI=1S/C11H16BrNO2/c1-11(2,15-3)10(14)5-8-4-9(12)7-13-6-8/h4,6-7,10,14H,5H2,1-3H3. The van der Waals surface area contributed by atoms with Crippen LogP contribution < -0.4 is 0 Å². The lowest BCUT2D eigenvalue weighted by Crippen LogP contribution is -2.39. The molecule has 0 amide bonds. The van der Waals surface area contributed by atoms with Crippen LogP contribution in [-0.4, -0.2) is 28.9 Å². The van der Waals surface area contributed by atoms with Gasteiger partial charge in [0.25, 0.3) is 0 Å². The molecule has 1 N–H and O–H groups in total. The summed E-state index contributed by atoms with van der Waals surface area (Å²) in [5, 5.41) is 9.95. The Hall–Kier alpha value is -0.450. The molecule has 3 nitrogen and oxygen atoms in total. The molecule has 1 atom stereocenters. The summed E-state index contributed by atoms with van der Waals surface area (Å²) >= 11 is 3.34. The molecule has 0 radical (unpaired) electrons. The van der Waals surface area contributed by atoms with E-state index in [4.69, 9.17) is 4.74 Å². The molecule has 84 valence electrons. The Balaban J connectivity index is 2.70.